The van der Waals surface area contributed by atoms with Crippen LogP contribution < -0.4 is 10.2 Å². The molecule has 6 nitrogen and oxygen atoms in total. The minimum atomic E-state index is -0.0949. The highest BCUT2D eigenvalue weighted by Gasteiger charge is 2.28. The molecular formula is C26H33ClN4O2. The molecule has 0 spiro atoms. The second-order valence-electron chi connectivity index (χ2n) is 9.08. The van der Waals surface area contributed by atoms with Crippen LogP contribution in [0.3, 0.4) is 0 Å². The van der Waals surface area contributed by atoms with Crippen LogP contribution in [0.4, 0.5) is 11.4 Å². The van der Waals surface area contributed by atoms with Gasteiger partial charge in [0, 0.05) is 56.6 Å². The van der Waals surface area contributed by atoms with Crippen LogP contribution in [0.1, 0.15) is 24.8 Å². The molecule has 4 rings (SSSR count). The van der Waals surface area contributed by atoms with Crippen LogP contribution in [-0.2, 0) is 16.0 Å². The minimum absolute atomic E-state index is 0.0176. The number of nitrogens with zero attached hydrogens (tertiary/aromatic N) is 3. The summed E-state index contributed by atoms with van der Waals surface area (Å²) in [6, 6.07) is 15.8. The van der Waals surface area contributed by atoms with Gasteiger partial charge in [-0.2, -0.15) is 0 Å². The summed E-state index contributed by atoms with van der Waals surface area (Å²) in [6.07, 6.45) is 2.64. The van der Waals surface area contributed by atoms with Crippen molar-refractivity contribution >= 4 is 34.8 Å². The number of carbonyl (C=O) groups is 2. The molecule has 2 aliphatic rings. The average Bonchev–Trinajstić information content (AvgIpc) is 2.84. The molecule has 2 fully saturated rings. The highest BCUT2D eigenvalue weighted by Crippen LogP contribution is 2.31. The second kappa shape index (κ2) is 11.0. The normalized spacial score (nSPS) is 17.8. The van der Waals surface area contributed by atoms with Gasteiger partial charge in [-0.05, 0) is 50.1 Å². The zero-order valence-electron chi connectivity index (χ0n) is 19.3. The van der Waals surface area contributed by atoms with Gasteiger partial charge in [0.1, 0.15) is 0 Å². The molecule has 0 aliphatic carbocycles. The lowest BCUT2D eigenvalue weighted by atomic mass is 9.95. The Labute approximate surface area is 201 Å². The van der Waals surface area contributed by atoms with Crippen LogP contribution in [0, 0.1) is 5.92 Å². The van der Waals surface area contributed by atoms with Gasteiger partial charge in [0.2, 0.25) is 11.8 Å². The predicted octanol–water partition coefficient (Wildman–Crippen LogP) is 3.90. The van der Waals surface area contributed by atoms with E-state index in [-0.39, 0.29) is 17.7 Å². The highest BCUT2D eigenvalue weighted by atomic mass is 35.5. The summed E-state index contributed by atoms with van der Waals surface area (Å²) < 4.78 is 0. The Kier molecular flexibility index (Phi) is 7.89. The Balaban J connectivity index is 1.30. The van der Waals surface area contributed by atoms with Crippen molar-refractivity contribution < 1.29 is 9.59 Å². The standard InChI is InChI=1S/C26H33ClN4O2/c1-29-15-17-30(18-16-29)24-9-8-22(27)19-23(24)28-26(33)21-11-13-31(14-12-21)25(32)10-7-20-5-3-2-4-6-20/h2-6,8-9,19,21H,7,10-18H2,1H3,(H,28,33). The molecule has 33 heavy (non-hydrogen) atoms. The third-order valence-electron chi connectivity index (χ3n) is 6.75. The molecule has 2 heterocycles. The fourth-order valence-corrected chi connectivity index (χ4v) is 4.78. The molecule has 2 aromatic rings. The van der Waals surface area contributed by atoms with Crippen LogP contribution in [0.25, 0.3) is 0 Å². The summed E-state index contributed by atoms with van der Waals surface area (Å²) in [5.74, 6) is 0.0939. The second-order valence-corrected chi connectivity index (χ2v) is 9.52. The van der Waals surface area contributed by atoms with Crippen LogP contribution in [0.2, 0.25) is 5.02 Å². The molecule has 0 radical (unpaired) electrons. The Morgan fingerprint density at radius 3 is 2.36 bits per heavy atom. The minimum Gasteiger partial charge on any atom is -0.367 e. The molecule has 2 aromatic carbocycles. The summed E-state index contributed by atoms with van der Waals surface area (Å²) in [7, 11) is 2.13. The van der Waals surface area contributed by atoms with Gasteiger partial charge in [-0.25, -0.2) is 0 Å². The van der Waals surface area contributed by atoms with E-state index in [0.717, 1.165) is 44.0 Å². The van der Waals surface area contributed by atoms with E-state index in [0.29, 0.717) is 37.4 Å². The number of likely N-dealkylation sites (tertiary alicyclic amines) is 1. The van der Waals surface area contributed by atoms with Gasteiger partial charge in [0.25, 0.3) is 0 Å². The molecule has 1 N–H and O–H groups in total. The summed E-state index contributed by atoms with van der Waals surface area (Å²) in [4.78, 5) is 32.2. The quantitative estimate of drug-likeness (QED) is 0.698. The molecular weight excluding hydrogens is 436 g/mol. The SMILES string of the molecule is CN1CCN(c2ccc(Cl)cc2NC(=O)C2CCN(C(=O)CCc3ccccc3)CC2)CC1. The van der Waals surface area contributed by atoms with Crippen LogP contribution in [0.15, 0.2) is 48.5 Å². The largest absolute Gasteiger partial charge is 0.367 e. The number of piperidine rings is 1. The van der Waals surface area contributed by atoms with E-state index in [9.17, 15) is 9.59 Å². The van der Waals surface area contributed by atoms with Gasteiger partial charge in [0.15, 0.2) is 0 Å². The number of piperazine rings is 1. The van der Waals surface area contributed by atoms with Crippen molar-refractivity contribution in [3.05, 3.63) is 59.1 Å². The molecule has 0 unspecified atom stereocenters. The number of hydrogen-bond acceptors (Lipinski definition) is 4. The Bertz CT molecular complexity index is 952. The zero-order valence-corrected chi connectivity index (χ0v) is 20.1. The third-order valence-corrected chi connectivity index (χ3v) is 6.98. The monoisotopic (exact) mass is 468 g/mol. The molecule has 2 aliphatic heterocycles. The number of amides is 2. The number of carbonyl (C=O) groups excluding carboxylic acids is 2. The fraction of sp³-hybridized carbons (Fsp3) is 0.462. The molecule has 2 saturated heterocycles. The number of aryl methyl sites for hydroxylation is 1. The predicted molar refractivity (Wildman–Crippen MR) is 134 cm³/mol. The number of nitrogens with one attached hydrogen (secondary N) is 1. The highest BCUT2D eigenvalue weighted by molar-refractivity contribution is 6.31. The maximum atomic E-state index is 13.1. The summed E-state index contributed by atoms with van der Waals surface area (Å²) in [6.45, 7) is 5.09. The first kappa shape index (κ1) is 23.6. The van der Waals surface area contributed by atoms with Gasteiger partial charge in [-0.1, -0.05) is 41.9 Å². The maximum Gasteiger partial charge on any atom is 0.227 e. The average molecular weight is 469 g/mol. The van der Waals surface area contributed by atoms with Crippen molar-refractivity contribution in [1.82, 2.24) is 9.80 Å². The van der Waals surface area contributed by atoms with E-state index in [2.05, 4.69) is 34.3 Å². The fourth-order valence-electron chi connectivity index (χ4n) is 4.61. The number of rotatable bonds is 6. The van der Waals surface area contributed by atoms with Gasteiger partial charge in [-0.15, -0.1) is 0 Å². The maximum absolute atomic E-state index is 13.1. The smallest absolute Gasteiger partial charge is 0.227 e. The van der Waals surface area contributed by atoms with E-state index in [1.807, 2.05) is 41.3 Å². The number of benzene rings is 2. The Morgan fingerprint density at radius 1 is 0.970 bits per heavy atom. The van der Waals surface area contributed by atoms with Crippen molar-refractivity contribution in [1.29, 1.82) is 0 Å². The van der Waals surface area contributed by atoms with Gasteiger partial charge in [0.05, 0.1) is 11.4 Å². The Hall–Kier alpha value is -2.57. The lowest BCUT2D eigenvalue weighted by Gasteiger charge is -2.35. The summed E-state index contributed by atoms with van der Waals surface area (Å²) >= 11 is 6.25. The lowest BCUT2D eigenvalue weighted by Crippen LogP contribution is -2.45. The molecule has 176 valence electrons. The first-order valence-electron chi connectivity index (χ1n) is 11.9. The molecule has 0 atom stereocenters. The van der Waals surface area contributed by atoms with E-state index in [4.69, 9.17) is 11.6 Å². The first-order chi connectivity index (χ1) is 16.0. The summed E-state index contributed by atoms with van der Waals surface area (Å²) in [5.41, 5.74) is 2.98. The molecule has 0 bridgehead atoms. The number of hydrogen-bond donors (Lipinski definition) is 1. The molecule has 0 saturated carbocycles. The van der Waals surface area contributed by atoms with E-state index in [1.165, 1.54) is 5.56 Å². The third kappa shape index (κ3) is 6.27. The van der Waals surface area contributed by atoms with Crippen LogP contribution in [-0.4, -0.2) is 67.9 Å². The molecule has 7 heteroatoms. The summed E-state index contributed by atoms with van der Waals surface area (Å²) in [5, 5.41) is 3.75. The van der Waals surface area contributed by atoms with Gasteiger partial charge >= 0.3 is 0 Å². The first-order valence-corrected chi connectivity index (χ1v) is 12.2. The number of anilines is 2. The lowest BCUT2D eigenvalue weighted by molar-refractivity contribution is -0.134. The van der Waals surface area contributed by atoms with E-state index in [1.54, 1.807) is 0 Å². The van der Waals surface area contributed by atoms with Crippen LogP contribution in [0.5, 0.6) is 0 Å². The zero-order chi connectivity index (χ0) is 23.2. The number of halogens is 1. The van der Waals surface area contributed by atoms with E-state index >= 15 is 0 Å². The topological polar surface area (TPSA) is 55.9 Å². The van der Waals surface area contributed by atoms with Crippen molar-refractivity contribution in [3.63, 3.8) is 0 Å². The Morgan fingerprint density at radius 2 is 1.67 bits per heavy atom. The van der Waals surface area contributed by atoms with Crippen molar-refractivity contribution in [2.45, 2.75) is 25.7 Å². The van der Waals surface area contributed by atoms with E-state index < -0.39 is 0 Å². The van der Waals surface area contributed by atoms with Crippen molar-refractivity contribution in [2.75, 3.05) is 56.5 Å². The van der Waals surface area contributed by atoms with Gasteiger partial charge in [-0.3, -0.25) is 9.59 Å². The molecule has 2 amide bonds. The number of likely N-dealkylation sites (N-methyl/N-ethyl adjacent to an activating group) is 1. The van der Waals surface area contributed by atoms with Crippen molar-refractivity contribution in [3.8, 4) is 0 Å². The molecule has 0 aromatic heterocycles. The van der Waals surface area contributed by atoms with Gasteiger partial charge < -0.3 is 20.0 Å². The van der Waals surface area contributed by atoms with Crippen LogP contribution >= 0.6 is 11.6 Å². The van der Waals surface area contributed by atoms with Crippen molar-refractivity contribution in [2.24, 2.45) is 5.92 Å².